The second kappa shape index (κ2) is 9.77. The first kappa shape index (κ1) is 18.9. The van der Waals surface area contributed by atoms with E-state index in [0.717, 1.165) is 31.4 Å². The van der Waals surface area contributed by atoms with E-state index < -0.39 is 0 Å². The second-order valence-corrected chi connectivity index (χ2v) is 6.15. The van der Waals surface area contributed by atoms with E-state index in [4.69, 9.17) is 0 Å². The molecule has 2 rings (SSSR count). The van der Waals surface area contributed by atoms with E-state index in [9.17, 15) is 14.4 Å². The molecule has 134 valence electrons. The Hall–Kier alpha value is -2.43. The summed E-state index contributed by atoms with van der Waals surface area (Å²) in [6.07, 6.45) is 6.67. The number of carbonyl (C=O) groups excluding carboxylic acids is 3. The Morgan fingerprint density at radius 1 is 1.08 bits per heavy atom. The molecule has 0 aromatic heterocycles. The molecule has 0 bridgehead atoms. The minimum absolute atomic E-state index is 0.0617. The van der Waals surface area contributed by atoms with Crippen LogP contribution in [-0.2, 0) is 14.3 Å². The standard InChI is InChI=1S/C20H25NO4/c1-25-20(24)11-7-2-3-8-14-21-17(12-13-19(21)23)15-18(22)16-9-5-4-6-10-16/h4-6,9-10,15H,2-3,7-8,11-14H2,1H3/b17-15+. The van der Waals surface area contributed by atoms with Gasteiger partial charge in [-0.15, -0.1) is 0 Å². The van der Waals surface area contributed by atoms with E-state index >= 15 is 0 Å². The number of nitrogens with zero attached hydrogens (tertiary/aromatic N) is 1. The Labute approximate surface area is 148 Å². The number of esters is 1. The van der Waals surface area contributed by atoms with Gasteiger partial charge in [-0.05, 0) is 19.3 Å². The van der Waals surface area contributed by atoms with Gasteiger partial charge in [0.25, 0.3) is 0 Å². The summed E-state index contributed by atoms with van der Waals surface area (Å²) in [7, 11) is 1.39. The van der Waals surface area contributed by atoms with Crippen molar-refractivity contribution in [2.75, 3.05) is 13.7 Å². The van der Waals surface area contributed by atoms with Crippen LogP contribution in [0.1, 0.15) is 55.3 Å². The fraction of sp³-hybridized carbons (Fsp3) is 0.450. The smallest absolute Gasteiger partial charge is 0.305 e. The lowest BCUT2D eigenvalue weighted by molar-refractivity contribution is -0.140. The number of hydrogen-bond acceptors (Lipinski definition) is 4. The molecule has 0 saturated carbocycles. The van der Waals surface area contributed by atoms with Crippen molar-refractivity contribution in [3.05, 3.63) is 47.7 Å². The largest absolute Gasteiger partial charge is 0.469 e. The zero-order valence-corrected chi connectivity index (χ0v) is 14.7. The highest BCUT2D eigenvalue weighted by Gasteiger charge is 2.25. The average molecular weight is 343 g/mol. The topological polar surface area (TPSA) is 63.7 Å². The van der Waals surface area contributed by atoms with Gasteiger partial charge in [-0.3, -0.25) is 14.4 Å². The number of carbonyl (C=O) groups is 3. The van der Waals surface area contributed by atoms with Crippen molar-refractivity contribution in [2.24, 2.45) is 0 Å². The fourth-order valence-corrected chi connectivity index (χ4v) is 2.92. The van der Waals surface area contributed by atoms with Crippen molar-refractivity contribution in [1.29, 1.82) is 0 Å². The molecule has 0 radical (unpaired) electrons. The van der Waals surface area contributed by atoms with E-state index in [-0.39, 0.29) is 17.7 Å². The molecule has 1 aromatic rings. The minimum Gasteiger partial charge on any atom is -0.469 e. The van der Waals surface area contributed by atoms with E-state index in [0.29, 0.717) is 31.4 Å². The molecular formula is C20H25NO4. The highest BCUT2D eigenvalue weighted by atomic mass is 16.5. The van der Waals surface area contributed by atoms with Crippen molar-refractivity contribution in [3.63, 3.8) is 0 Å². The lowest BCUT2D eigenvalue weighted by Crippen LogP contribution is -2.25. The molecule has 0 N–H and O–H groups in total. The summed E-state index contributed by atoms with van der Waals surface area (Å²) in [6, 6.07) is 9.09. The molecule has 5 nitrogen and oxygen atoms in total. The van der Waals surface area contributed by atoms with E-state index in [1.165, 1.54) is 7.11 Å². The van der Waals surface area contributed by atoms with E-state index in [1.807, 2.05) is 18.2 Å². The highest BCUT2D eigenvalue weighted by molar-refractivity contribution is 6.05. The van der Waals surface area contributed by atoms with Crippen molar-refractivity contribution in [1.82, 2.24) is 4.90 Å². The molecule has 25 heavy (non-hydrogen) atoms. The van der Waals surface area contributed by atoms with Gasteiger partial charge in [-0.2, -0.15) is 0 Å². The van der Waals surface area contributed by atoms with Crippen LogP contribution >= 0.6 is 0 Å². The number of amides is 1. The Morgan fingerprint density at radius 3 is 2.52 bits per heavy atom. The number of rotatable bonds is 9. The summed E-state index contributed by atoms with van der Waals surface area (Å²) in [5.41, 5.74) is 1.45. The van der Waals surface area contributed by atoms with Gasteiger partial charge < -0.3 is 9.64 Å². The zero-order chi connectivity index (χ0) is 18.1. The number of ketones is 1. The fourth-order valence-electron chi connectivity index (χ4n) is 2.92. The number of ether oxygens (including phenoxy) is 1. The third-order valence-electron chi connectivity index (χ3n) is 4.34. The van der Waals surface area contributed by atoms with Gasteiger partial charge in [-0.25, -0.2) is 0 Å². The minimum atomic E-state index is -0.181. The number of methoxy groups -OCH3 is 1. The van der Waals surface area contributed by atoms with Gasteiger partial charge in [0.05, 0.1) is 7.11 Å². The van der Waals surface area contributed by atoms with Gasteiger partial charge in [0.15, 0.2) is 5.78 Å². The number of likely N-dealkylation sites (tertiary alicyclic amines) is 1. The SMILES string of the molecule is COC(=O)CCCCCCN1C(=O)CC/C1=C\C(=O)c1ccccc1. The third kappa shape index (κ3) is 5.85. The number of allylic oxidation sites excluding steroid dienone is 2. The quantitative estimate of drug-likeness (QED) is 0.298. The van der Waals surface area contributed by atoms with Crippen LogP contribution in [0.5, 0.6) is 0 Å². The van der Waals surface area contributed by atoms with Crippen LogP contribution in [0.15, 0.2) is 42.1 Å². The maximum absolute atomic E-state index is 12.3. The molecule has 1 fully saturated rings. The second-order valence-electron chi connectivity index (χ2n) is 6.15. The summed E-state index contributed by atoms with van der Waals surface area (Å²) in [6.45, 7) is 0.630. The van der Waals surface area contributed by atoms with Gasteiger partial charge in [-0.1, -0.05) is 43.2 Å². The molecule has 1 amide bonds. The zero-order valence-electron chi connectivity index (χ0n) is 14.7. The van der Waals surface area contributed by atoms with Crippen LogP contribution < -0.4 is 0 Å². The number of benzene rings is 1. The average Bonchev–Trinajstić information content (AvgIpc) is 2.98. The summed E-state index contributed by atoms with van der Waals surface area (Å²) in [5, 5.41) is 0. The van der Waals surface area contributed by atoms with Crippen LogP contribution in [0.2, 0.25) is 0 Å². The summed E-state index contributed by atoms with van der Waals surface area (Å²) < 4.78 is 4.61. The van der Waals surface area contributed by atoms with Crippen LogP contribution in [0, 0.1) is 0 Å². The Balaban J connectivity index is 1.82. The predicted molar refractivity (Wildman–Crippen MR) is 94.9 cm³/mol. The number of hydrogen-bond donors (Lipinski definition) is 0. The molecular weight excluding hydrogens is 318 g/mol. The molecule has 1 aliphatic heterocycles. The molecule has 1 aliphatic rings. The van der Waals surface area contributed by atoms with Gasteiger partial charge >= 0.3 is 5.97 Å². The highest BCUT2D eigenvalue weighted by Crippen LogP contribution is 2.24. The Morgan fingerprint density at radius 2 is 1.80 bits per heavy atom. The van der Waals surface area contributed by atoms with Gasteiger partial charge in [0.1, 0.15) is 0 Å². The van der Waals surface area contributed by atoms with Crippen molar-refractivity contribution < 1.29 is 19.1 Å². The monoisotopic (exact) mass is 343 g/mol. The molecule has 0 spiro atoms. The molecule has 0 unspecified atom stereocenters. The summed E-state index contributed by atoms with van der Waals surface area (Å²) in [5.74, 6) is -0.158. The molecule has 1 saturated heterocycles. The van der Waals surface area contributed by atoms with Crippen LogP contribution in [0.4, 0.5) is 0 Å². The van der Waals surface area contributed by atoms with Crippen molar-refractivity contribution >= 4 is 17.7 Å². The Kier molecular flexibility index (Phi) is 7.38. The molecule has 0 atom stereocenters. The molecule has 1 heterocycles. The summed E-state index contributed by atoms with van der Waals surface area (Å²) in [4.78, 5) is 37.1. The number of unbranched alkanes of at least 4 members (excludes halogenated alkanes) is 3. The summed E-state index contributed by atoms with van der Waals surface area (Å²) >= 11 is 0. The van der Waals surface area contributed by atoms with Crippen molar-refractivity contribution in [2.45, 2.75) is 44.9 Å². The molecule has 1 aromatic carbocycles. The Bertz CT molecular complexity index is 636. The maximum atomic E-state index is 12.3. The lowest BCUT2D eigenvalue weighted by atomic mass is 10.1. The first-order chi connectivity index (χ1) is 12.1. The first-order valence-corrected chi connectivity index (χ1v) is 8.79. The van der Waals surface area contributed by atoms with Gasteiger partial charge in [0.2, 0.25) is 5.91 Å². The van der Waals surface area contributed by atoms with Crippen LogP contribution in [0.3, 0.4) is 0 Å². The van der Waals surface area contributed by atoms with E-state index in [2.05, 4.69) is 4.74 Å². The van der Waals surface area contributed by atoms with Crippen LogP contribution in [-0.4, -0.2) is 36.2 Å². The van der Waals surface area contributed by atoms with Crippen LogP contribution in [0.25, 0.3) is 0 Å². The third-order valence-corrected chi connectivity index (χ3v) is 4.34. The maximum Gasteiger partial charge on any atom is 0.305 e. The molecule has 5 heteroatoms. The molecule has 0 aliphatic carbocycles. The lowest BCUT2D eigenvalue weighted by Gasteiger charge is -2.18. The predicted octanol–water partition coefficient (Wildman–Crippen LogP) is 3.50. The normalized spacial score (nSPS) is 15.6. The van der Waals surface area contributed by atoms with E-state index in [1.54, 1.807) is 23.1 Å². The van der Waals surface area contributed by atoms with Gasteiger partial charge in [0, 0.05) is 36.7 Å². The first-order valence-electron chi connectivity index (χ1n) is 8.79. The van der Waals surface area contributed by atoms with Crippen molar-refractivity contribution in [3.8, 4) is 0 Å².